The van der Waals surface area contributed by atoms with Gasteiger partial charge in [0.25, 0.3) is 10.0 Å². The zero-order chi connectivity index (χ0) is 14.2. The van der Waals surface area contributed by atoms with Crippen LogP contribution in [0, 0.1) is 6.92 Å². The van der Waals surface area contributed by atoms with E-state index >= 15 is 0 Å². The van der Waals surface area contributed by atoms with Gasteiger partial charge < -0.3 is 5.32 Å². The molecule has 1 aliphatic rings. The van der Waals surface area contributed by atoms with E-state index in [9.17, 15) is 8.42 Å². The van der Waals surface area contributed by atoms with Crippen molar-refractivity contribution in [1.29, 1.82) is 0 Å². The lowest BCUT2D eigenvalue weighted by molar-refractivity contribution is 0.601. The van der Waals surface area contributed by atoms with Crippen molar-refractivity contribution in [2.24, 2.45) is 0 Å². The van der Waals surface area contributed by atoms with Crippen LogP contribution in [0.3, 0.4) is 0 Å². The van der Waals surface area contributed by atoms with Gasteiger partial charge in [0.15, 0.2) is 0 Å². The molecule has 6 heteroatoms. The second kappa shape index (κ2) is 4.88. The molecule has 2 heterocycles. The van der Waals surface area contributed by atoms with Crippen molar-refractivity contribution in [1.82, 2.24) is 10.3 Å². The van der Waals surface area contributed by atoms with Crippen molar-refractivity contribution in [2.45, 2.75) is 24.9 Å². The Hall–Kier alpha value is -1.92. The lowest BCUT2D eigenvalue weighted by atomic mass is 10.1. The molecule has 2 N–H and O–H groups in total. The summed E-state index contributed by atoms with van der Waals surface area (Å²) in [6, 6.07) is 6.99. The molecule has 5 nitrogen and oxygen atoms in total. The monoisotopic (exact) mass is 289 g/mol. The highest BCUT2D eigenvalue weighted by Crippen LogP contribution is 2.22. The number of nitrogens with one attached hydrogen (secondary N) is 2. The summed E-state index contributed by atoms with van der Waals surface area (Å²) in [6.07, 6.45) is 3.15. The van der Waals surface area contributed by atoms with Crippen LogP contribution < -0.4 is 10.0 Å². The van der Waals surface area contributed by atoms with Gasteiger partial charge in [0, 0.05) is 19.3 Å². The summed E-state index contributed by atoms with van der Waals surface area (Å²) < 4.78 is 27.4. The molecule has 2 aromatic rings. The lowest BCUT2D eigenvalue weighted by Crippen LogP contribution is -2.14. The topological polar surface area (TPSA) is 71.1 Å². The van der Waals surface area contributed by atoms with Gasteiger partial charge in [-0.3, -0.25) is 9.71 Å². The smallest absolute Gasteiger partial charge is 0.261 e. The summed E-state index contributed by atoms with van der Waals surface area (Å²) in [7, 11) is -3.58. The van der Waals surface area contributed by atoms with E-state index < -0.39 is 10.0 Å². The van der Waals surface area contributed by atoms with E-state index in [1.54, 1.807) is 24.4 Å². The van der Waals surface area contributed by atoms with E-state index in [-0.39, 0.29) is 4.90 Å². The van der Waals surface area contributed by atoms with Gasteiger partial charge in [0.1, 0.15) is 0 Å². The summed E-state index contributed by atoms with van der Waals surface area (Å²) in [5.74, 6) is 0. The van der Waals surface area contributed by atoms with Crippen molar-refractivity contribution < 1.29 is 8.42 Å². The van der Waals surface area contributed by atoms with Gasteiger partial charge in [-0.2, -0.15) is 0 Å². The maximum absolute atomic E-state index is 12.4. The van der Waals surface area contributed by atoms with Crippen molar-refractivity contribution in [3.63, 3.8) is 0 Å². The van der Waals surface area contributed by atoms with Crippen molar-refractivity contribution in [2.75, 3.05) is 4.72 Å². The molecular formula is C14H15N3O2S. The van der Waals surface area contributed by atoms with Crippen LogP contribution in [0.1, 0.15) is 16.7 Å². The molecule has 0 amide bonds. The average molecular weight is 289 g/mol. The maximum Gasteiger partial charge on any atom is 0.261 e. The molecule has 0 unspecified atom stereocenters. The first-order valence-corrected chi connectivity index (χ1v) is 7.80. The fourth-order valence-electron chi connectivity index (χ4n) is 2.21. The van der Waals surface area contributed by atoms with E-state index in [1.165, 1.54) is 6.20 Å². The Balaban J connectivity index is 1.94. The number of anilines is 1. The van der Waals surface area contributed by atoms with Gasteiger partial charge in [-0.25, -0.2) is 8.42 Å². The first-order valence-electron chi connectivity index (χ1n) is 6.32. The second-order valence-electron chi connectivity index (χ2n) is 4.83. The SMILES string of the molecule is Cc1ccncc1NS(=O)(=O)c1ccc2c(c1)CNC2. The third-order valence-electron chi connectivity index (χ3n) is 3.40. The van der Waals surface area contributed by atoms with Gasteiger partial charge in [-0.05, 0) is 41.8 Å². The van der Waals surface area contributed by atoms with Crippen molar-refractivity contribution in [3.05, 3.63) is 53.3 Å². The number of aromatic nitrogens is 1. The average Bonchev–Trinajstić information content (AvgIpc) is 2.88. The van der Waals surface area contributed by atoms with Gasteiger partial charge in [0.2, 0.25) is 0 Å². The Bertz CT molecular complexity index is 757. The number of hydrogen-bond acceptors (Lipinski definition) is 4. The quantitative estimate of drug-likeness (QED) is 0.904. The number of sulfonamides is 1. The standard InChI is InChI=1S/C14H15N3O2S/c1-10-4-5-15-9-14(10)17-20(18,19)13-3-2-11-7-16-8-12(11)6-13/h2-6,9,16-17H,7-8H2,1H3. The highest BCUT2D eigenvalue weighted by molar-refractivity contribution is 7.92. The Kier molecular flexibility index (Phi) is 3.19. The zero-order valence-electron chi connectivity index (χ0n) is 11.1. The van der Waals surface area contributed by atoms with Gasteiger partial charge in [0.05, 0.1) is 16.8 Å². The molecule has 1 aromatic carbocycles. The molecular weight excluding hydrogens is 274 g/mol. The summed E-state index contributed by atoms with van der Waals surface area (Å²) in [5.41, 5.74) is 3.54. The van der Waals surface area contributed by atoms with Crippen LogP contribution in [0.15, 0.2) is 41.6 Å². The maximum atomic E-state index is 12.4. The third kappa shape index (κ3) is 2.39. The molecule has 20 heavy (non-hydrogen) atoms. The molecule has 1 aromatic heterocycles. The van der Waals surface area contributed by atoms with E-state index in [0.29, 0.717) is 12.2 Å². The summed E-state index contributed by atoms with van der Waals surface area (Å²) in [5, 5.41) is 3.20. The fourth-order valence-corrected chi connectivity index (χ4v) is 3.38. The third-order valence-corrected chi connectivity index (χ3v) is 4.77. The molecule has 1 aliphatic heterocycles. The minimum absolute atomic E-state index is 0.281. The second-order valence-corrected chi connectivity index (χ2v) is 6.51. The largest absolute Gasteiger partial charge is 0.309 e. The number of pyridine rings is 1. The number of aryl methyl sites for hydroxylation is 1. The zero-order valence-corrected chi connectivity index (χ0v) is 11.9. The highest BCUT2D eigenvalue weighted by atomic mass is 32.2. The predicted octanol–water partition coefficient (Wildman–Crippen LogP) is 1.79. The highest BCUT2D eigenvalue weighted by Gasteiger charge is 2.18. The van der Waals surface area contributed by atoms with Crippen LogP contribution in [0.4, 0.5) is 5.69 Å². The van der Waals surface area contributed by atoms with Crippen molar-refractivity contribution in [3.8, 4) is 0 Å². The molecule has 0 atom stereocenters. The van der Waals surface area contributed by atoms with Gasteiger partial charge in [-0.1, -0.05) is 6.07 Å². The van der Waals surface area contributed by atoms with Crippen LogP contribution in [0.5, 0.6) is 0 Å². The number of fused-ring (bicyclic) bond motifs is 1. The summed E-state index contributed by atoms with van der Waals surface area (Å²) in [4.78, 5) is 4.22. The van der Waals surface area contributed by atoms with E-state index in [1.807, 2.05) is 13.0 Å². The predicted molar refractivity (Wildman–Crippen MR) is 76.8 cm³/mol. The Labute approximate surface area is 118 Å². The van der Waals surface area contributed by atoms with Crippen LogP contribution in [0.25, 0.3) is 0 Å². The van der Waals surface area contributed by atoms with Gasteiger partial charge in [-0.15, -0.1) is 0 Å². The fraction of sp³-hybridized carbons (Fsp3) is 0.214. The summed E-state index contributed by atoms with van der Waals surface area (Å²) in [6.45, 7) is 3.35. The molecule has 0 bridgehead atoms. The van der Waals surface area contributed by atoms with Crippen LogP contribution in [-0.2, 0) is 23.1 Å². The Morgan fingerprint density at radius 2 is 2.00 bits per heavy atom. The minimum Gasteiger partial charge on any atom is -0.309 e. The number of rotatable bonds is 3. The molecule has 0 aliphatic carbocycles. The molecule has 0 saturated heterocycles. The lowest BCUT2D eigenvalue weighted by Gasteiger charge is -2.10. The van der Waals surface area contributed by atoms with Crippen LogP contribution >= 0.6 is 0 Å². The Morgan fingerprint density at radius 3 is 2.80 bits per heavy atom. The van der Waals surface area contributed by atoms with E-state index in [4.69, 9.17) is 0 Å². The van der Waals surface area contributed by atoms with Gasteiger partial charge >= 0.3 is 0 Å². The number of nitrogens with zero attached hydrogens (tertiary/aromatic N) is 1. The molecule has 0 spiro atoms. The molecule has 0 fully saturated rings. The normalized spacial score (nSPS) is 14.1. The first kappa shape index (κ1) is 13.1. The minimum atomic E-state index is -3.58. The van der Waals surface area contributed by atoms with E-state index in [0.717, 1.165) is 23.2 Å². The Morgan fingerprint density at radius 1 is 1.20 bits per heavy atom. The number of benzene rings is 1. The van der Waals surface area contributed by atoms with E-state index in [2.05, 4.69) is 15.0 Å². The first-order chi connectivity index (χ1) is 9.56. The molecule has 3 rings (SSSR count). The molecule has 0 saturated carbocycles. The summed E-state index contributed by atoms with van der Waals surface area (Å²) >= 11 is 0. The van der Waals surface area contributed by atoms with Crippen LogP contribution in [0.2, 0.25) is 0 Å². The number of hydrogen-bond donors (Lipinski definition) is 2. The van der Waals surface area contributed by atoms with Crippen molar-refractivity contribution >= 4 is 15.7 Å². The molecule has 104 valence electrons. The van der Waals surface area contributed by atoms with Crippen LogP contribution in [-0.4, -0.2) is 13.4 Å². The molecule has 0 radical (unpaired) electrons.